The summed E-state index contributed by atoms with van der Waals surface area (Å²) < 4.78 is 2.18. The largest absolute Gasteiger partial charge is 0.348 e. The number of aromatic nitrogens is 1. The first-order valence-corrected chi connectivity index (χ1v) is 5.34. The Kier molecular flexibility index (Phi) is 3.27. The third-order valence-electron chi connectivity index (χ3n) is 2.42. The van der Waals surface area contributed by atoms with Crippen LogP contribution in [0.3, 0.4) is 0 Å². The highest BCUT2D eigenvalue weighted by Gasteiger charge is 2.01. The quantitative estimate of drug-likeness (QED) is 0.332. The lowest BCUT2D eigenvalue weighted by atomic mass is 10.2. The summed E-state index contributed by atoms with van der Waals surface area (Å²) in [7, 11) is 0. The maximum absolute atomic E-state index is 5.12. The maximum atomic E-state index is 5.12. The standard InChI is InChI=1S/C13H15NO2/c1-3-9-15-16-12-5-6-13-11(10-12)7-8-14(13)4-2/h3,5-8,10H,1,4,9H2,2H3. The molecule has 0 saturated carbocycles. The van der Waals surface area contributed by atoms with Crippen molar-refractivity contribution in [3.8, 4) is 5.75 Å². The zero-order valence-corrected chi connectivity index (χ0v) is 9.35. The second-order valence-electron chi connectivity index (χ2n) is 3.48. The summed E-state index contributed by atoms with van der Waals surface area (Å²) in [5, 5.41) is 1.15. The fourth-order valence-corrected chi connectivity index (χ4v) is 1.66. The van der Waals surface area contributed by atoms with Gasteiger partial charge in [-0.3, -0.25) is 0 Å². The van der Waals surface area contributed by atoms with Crippen molar-refractivity contribution in [3.63, 3.8) is 0 Å². The lowest BCUT2D eigenvalue weighted by Crippen LogP contribution is -1.96. The van der Waals surface area contributed by atoms with Crippen molar-refractivity contribution in [1.29, 1.82) is 0 Å². The third kappa shape index (κ3) is 2.09. The number of hydrogen-bond acceptors (Lipinski definition) is 2. The summed E-state index contributed by atoms with van der Waals surface area (Å²) in [6.07, 6.45) is 3.71. The van der Waals surface area contributed by atoms with Gasteiger partial charge in [0.05, 0.1) is 0 Å². The highest BCUT2D eigenvalue weighted by atomic mass is 17.2. The normalized spacial score (nSPS) is 10.6. The first-order valence-electron chi connectivity index (χ1n) is 5.34. The second-order valence-corrected chi connectivity index (χ2v) is 3.48. The van der Waals surface area contributed by atoms with Crippen LogP contribution in [0.2, 0.25) is 0 Å². The molecule has 0 aliphatic rings. The van der Waals surface area contributed by atoms with Crippen molar-refractivity contribution in [3.05, 3.63) is 43.1 Å². The van der Waals surface area contributed by atoms with Crippen LogP contribution < -0.4 is 4.89 Å². The van der Waals surface area contributed by atoms with Crippen LogP contribution in [-0.4, -0.2) is 11.2 Å². The van der Waals surface area contributed by atoms with Crippen LogP contribution in [0.25, 0.3) is 10.9 Å². The Labute approximate surface area is 94.8 Å². The third-order valence-corrected chi connectivity index (χ3v) is 2.42. The second kappa shape index (κ2) is 4.86. The molecule has 0 unspecified atom stereocenters. The summed E-state index contributed by atoms with van der Waals surface area (Å²) in [5.74, 6) is 0.711. The number of aryl methyl sites for hydroxylation is 1. The molecule has 0 aliphatic carbocycles. The molecular formula is C13H15NO2. The van der Waals surface area contributed by atoms with Gasteiger partial charge in [0.15, 0.2) is 5.75 Å². The van der Waals surface area contributed by atoms with E-state index < -0.39 is 0 Å². The highest BCUT2D eigenvalue weighted by Crippen LogP contribution is 2.22. The van der Waals surface area contributed by atoms with Gasteiger partial charge in [-0.1, -0.05) is 6.08 Å². The van der Waals surface area contributed by atoms with Crippen LogP contribution in [0.1, 0.15) is 6.92 Å². The molecule has 84 valence electrons. The molecule has 0 radical (unpaired) electrons. The van der Waals surface area contributed by atoms with E-state index in [-0.39, 0.29) is 0 Å². The predicted octanol–water partition coefficient (Wildman–Crippen LogP) is 3.16. The highest BCUT2D eigenvalue weighted by molar-refractivity contribution is 5.81. The molecule has 0 fully saturated rings. The minimum Gasteiger partial charge on any atom is -0.348 e. The van der Waals surface area contributed by atoms with E-state index in [0.717, 1.165) is 11.9 Å². The van der Waals surface area contributed by atoms with Gasteiger partial charge in [0, 0.05) is 23.6 Å². The van der Waals surface area contributed by atoms with E-state index in [2.05, 4.69) is 30.3 Å². The molecule has 3 nitrogen and oxygen atoms in total. The molecule has 0 aliphatic heterocycles. The first kappa shape index (κ1) is 10.8. The molecule has 2 rings (SSSR count). The average Bonchev–Trinajstić information content (AvgIpc) is 2.71. The fraction of sp³-hybridized carbons (Fsp3) is 0.231. The molecule has 2 aromatic rings. The van der Waals surface area contributed by atoms with Crippen molar-refractivity contribution in [1.82, 2.24) is 4.57 Å². The van der Waals surface area contributed by atoms with Crippen molar-refractivity contribution >= 4 is 10.9 Å². The van der Waals surface area contributed by atoms with Crippen LogP contribution >= 0.6 is 0 Å². The van der Waals surface area contributed by atoms with E-state index in [4.69, 9.17) is 9.78 Å². The Hall–Kier alpha value is -1.74. The minimum absolute atomic E-state index is 0.383. The van der Waals surface area contributed by atoms with E-state index in [1.807, 2.05) is 18.2 Å². The van der Waals surface area contributed by atoms with Gasteiger partial charge < -0.3 is 9.45 Å². The van der Waals surface area contributed by atoms with Gasteiger partial charge in [0.1, 0.15) is 6.61 Å². The molecule has 16 heavy (non-hydrogen) atoms. The molecular weight excluding hydrogens is 202 g/mol. The van der Waals surface area contributed by atoms with Gasteiger partial charge in [-0.05, 0) is 31.2 Å². The molecule has 1 heterocycles. The van der Waals surface area contributed by atoms with Crippen molar-refractivity contribution in [2.75, 3.05) is 6.61 Å². The number of nitrogens with zero attached hydrogens (tertiary/aromatic N) is 1. The lowest BCUT2D eigenvalue weighted by molar-refractivity contribution is -0.195. The lowest BCUT2D eigenvalue weighted by Gasteiger charge is -2.04. The molecule has 0 N–H and O–H groups in total. The number of fused-ring (bicyclic) bond motifs is 1. The molecule has 0 spiro atoms. The topological polar surface area (TPSA) is 23.4 Å². The fourth-order valence-electron chi connectivity index (χ4n) is 1.66. The zero-order chi connectivity index (χ0) is 11.4. The SMILES string of the molecule is C=CCOOc1ccc2c(ccn2CC)c1. The predicted molar refractivity (Wildman–Crippen MR) is 64.4 cm³/mol. The van der Waals surface area contributed by atoms with Gasteiger partial charge in [-0.25, -0.2) is 0 Å². The Bertz CT molecular complexity index is 488. The Morgan fingerprint density at radius 1 is 1.38 bits per heavy atom. The van der Waals surface area contributed by atoms with Crippen molar-refractivity contribution < 1.29 is 9.78 Å². The van der Waals surface area contributed by atoms with Crippen molar-refractivity contribution in [2.24, 2.45) is 0 Å². The summed E-state index contributed by atoms with van der Waals surface area (Å²) in [6.45, 7) is 7.02. The molecule has 1 aromatic heterocycles. The number of hydrogen-bond donors (Lipinski definition) is 0. The van der Waals surface area contributed by atoms with E-state index in [1.54, 1.807) is 6.08 Å². The Morgan fingerprint density at radius 2 is 2.25 bits per heavy atom. The van der Waals surface area contributed by atoms with Crippen LogP contribution in [0.5, 0.6) is 5.75 Å². The number of rotatable bonds is 5. The minimum atomic E-state index is 0.383. The smallest absolute Gasteiger partial charge is 0.166 e. The molecule has 0 saturated heterocycles. The average molecular weight is 217 g/mol. The molecule has 0 atom stereocenters. The molecule has 0 amide bonds. The molecule has 1 aromatic carbocycles. The van der Waals surface area contributed by atoms with Gasteiger partial charge in [-0.2, -0.15) is 4.89 Å². The van der Waals surface area contributed by atoms with Crippen LogP contribution in [0.15, 0.2) is 43.1 Å². The van der Waals surface area contributed by atoms with E-state index in [0.29, 0.717) is 12.4 Å². The maximum Gasteiger partial charge on any atom is 0.166 e. The van der Waals surface area contributed by atoms with E-state index in [9.17, 15) is 0 Å². The first-order chi connectivity index (χ1) is 7.85. The van der Waals surface area contributed by atoms with Gasteiger partial charge in [0.2, 0.25) is 0 Å². The van der Waals surface area contributed by atoms with Crippen LogP contribution in [0, 0.1) is 0 Å². The van der Waals surface area contributed by atoms with Crippen LogP contribution in [-0.2, 0) is 11.4 Å². The summed E-state index contributed by atoms with van der Waals surface area (Å²) in [5.41, 5.74) is 1.21. The van der Waals surface area contributed by atoms with Gasteiger partial charge >= 0.3 is 0 Å². The van der Waals surface area contributed by atoms with E-state index in [1.165, 1.54) is 5.52 Å². The number of benzene rings is 1. The summed E-state index contributed by atoms with van der Waals surface area (Å²) >= 11 is 0. The monoisotopic (exact) mass is 217 g/mol. The molecule has 3 heteroatoms. The zero-order valence-electron chi connectivity index (χ0n) is 9.35. The summed E-state index contributed by atoms with van der Waals surface area (Å²) in [6, 6.07) is 7.97. The van der Waals surface area contributed by atoms with Gasteiger partial charge in [0.25, 0.3) is 0 Å². The Morgan fingerprint density at radius 3 is 3.00 bits per heavy atom. The summed E-state index contributed by atoms with van der Waals surface area (Å²) in [4.78, 5) is 10.0. The Balaban J connectivity index is 2.20. The van der Waals surface area contributed by atoms with Gasteiger partial charge in [-0.15, -0.1) is 6.58 Å². The van der Waals surface area contributed by atoms with Crippen molar-refractivity contribution in [2.45, 2.75) is 13.5 Å². The molecule has 0 bridgehead atoms. The van der Waals surface area contributed by atoms with Crippen LogP contribution in [0.4, 0.5) is 0 Å². The van der Waals surface area contributed by atoms with E-state index >= 15 is 0 Å².